The van der Waals surface area contributed by atoms with Crippen molar-refractivity contribution in [1.29, 1.82) is 0 Å². The number of anilines is 1. The highest BCUT2D eigenvalue weighted by atomic mass is 32.2. The Labute approximate surface area is 159 Å². The third-order valence-electron chi connectivity index (χ3n) is 5.23. The predicted octanol–water partition coefficient (Wildman–Crippen LogP) is 3.97. The largest absolute Gasteiger partial charge is 0.497 e. The molecular weight excluding hydrogens is 344 g/mol. The van der Waals surface area contributed by atoms with Gasteiger partial charge >= 0.3 is 0 Å². The van der Waals surface area contributed by atoms with Crippen LogP contribution in [0.15, 0.2) is 53.4 Å². The van der Waals surface area contributed by atoms with Gasteiger partial charge in [-0.15, -0.1) is 11.8 Å². The Morgan fingerprint density at radius 1 is 1.15 bits per heavy atom. The molecule has 2 aliphatic rings. The number of rotatable bonds is 4. The second-order valence-electron chi connectivity index (χ2n) is 6.76. The van der Waals surface area contributed by atoms with Crippen molar-refractivity contribution in [2.45, 2.75) is 23.8 Å². The van der Waals surface area contributed by atoms with Crippen molar-refractivity contribution in [3.63, 3.8) is 0 Å². The molecule has 1 saturated heterocycles. The molecule has 4 nitrogen and oxygen atoms in total. The van der Waals surface area contributed by atoms with Crippen LogP contribution in [0.3, 0.4) is 0 Å². The van der Waals surface area contributed by atoms with Gasteiger partial charge in [-0.05, 0) is 49.2 Å². The number of likely N-dealkylation sites (tertiary alicyclic amines) is 1. The summed E-state index contributed by atoms with van der Waals surface area (Å²) in [5, 5.41) is 0. The molecule has 0 aliphatic carbocycles. The summed E-state index contributed by atoms with van der Waals surface area (Å²) < 4.78 is 5.26. The van der Waals surface area contributed by atoms with E-state index in [9.17, 15) is 4.79 Å². The number of benzene rings is 2. The molecule has 2 aliphatic heterocycles. The molecule has 1 amide bonds. The normalized spacial score (nSPS) is 20.0. The average molecular weight is 369 g/mol. The van der Waals surface area contributed by atoms with E-state index in [1.54, 1.807) is 7.11 Å². The molecule has 2 aromatic carbocycles. The van der Waals surface area contributed by atoms with Crippen LogP contribution in [0, 0.1) is 0 Å². The highest BCUT2D eigenvalue weighted by Gasteiger charge is 2.30. The summed E-state index contributed by atoms with van der Waals surface area (Å²) in [7, 11) is 1.68. The molecule has 0 aromatic heterocycles. The van der Waals surface area contributed by atoms with Gasteiger partial charge < -0.3 is 9.64 Å². The molecule has 5 heteroatoms. The molecule has 0 radical (unpaired) electrons. The monoisotopic (exact) mass is 368 g/mol. The average Bonchev–Trinajstić information content (AvgIpc) is 3.15. The Bertz CT molecular complexity index is 778. The van der Waals surface area contributed by atoms with Gasteiger partial charge in [-0.3, -0.25) is 9.69 Å². The quantitative estimate of drug-likeness (QED) is 0.817. The number of carbonyl (C=O) groups is 1. The molecule has 0 N–H and O–H groups in total. The minimum absolute atomic E-state index is 0.207. The number of para-hydroxylation sites is 1. The number of carbonyl (C=O) groups excluding carboxylic acids is 1. The summed E-state index contributed by atoms with van der Waals surface area (Å²) in [4.78, 5) is 18.6. The van der Waals surface area contributed by atoms with Crippen molar-refractivity contribution >= 4 is 23.4 Å². The highest BCUT2D eigenvalue weighted by molar-refractivity contribution is 7.99. The number of hydrogen-bond acceptors (Lipinski definition) is 4. The fourth-order valence-corrected chi connectivity index (χ4v) is 4.90. The summed E-state index contributed by atoms with van der Waals surface area (Å²) >= 11 is 1.83. The Balaban J connectivity index is 1.48. The second-order valence-corrected chi connectivity index (χ2v) is 7.90. The van der Waals surface area contributed by atoms with Gasteiger partial charge in [0.05, 0.1) is 19.3 Å². The van der Waals surface area contributed by atoms with Gasteiger partial charge in [-0.1, -0.05) is 24.3 Å². The summed E-state index contributed by atoms with van der Waals surface area (Å²) in [6.07, 6.45) is 2.24. The van der Waals surface area contributed by atoms with Crippen LogP contribution in [0.25, 0.3) is 0 Å². The molecule has 26 heavy (non-hydrogen) atoms. The summed E-state index contributed by atoms with van der Waals surface area (Å²) in [5.41, 5.74) is 2.33. The second kappa shape index (κ2) is 7.72. The van der Waals surface area contributed by atoms with Crippen LogP contribution in [0.1, 0.15) is 24.4 Å². The van der Waals surface area contributed by atoms with Gasteiger partial charge in [0.15, 0.2) is 0 Å². The number of ether oxygens (including phenoxy) is 1. The van der Waals surface area contributed by atoms with Crippen molar-refractivity contribution in [1.82, 2.24) is 4.90 Å². The van der Waals surface area contributed by atoms with E-state index in [-0.39, 0.29) is 5.91 Å². The molecule has 2 heterocycles. The molecule has 1 unspecified atom stereocenters. The molecule has 0 saturated carbocycles. The van der Waals surface area contributed by atoms with Crippen LogP contribution < -0.4 is 9.64 Å². The summed E-state index contributed by atoms with van der Waals surface area (Å²) in [5.74, 6) is 2.04. The number of fused-ring (bicyclic) bond motifs is 1. The van der Waals surface area contributed by atoms with E-state index in [0.29, 0.717) is 12.6 Å². The van der Waals surface area contributed by atoms with E-state index in [1.165, 1.54) is 10.5 Å². The van der Waals surface area contributed by atoms with Gasteiger partial charge in [0.2, 0.25) is 5.91 Å². The van der Waals surface area contributed by atoms with E-state index >= 15 is 0 Å². The van der Waals surface area contributed by atoms with Gasteiger partial charge in [-0.2, -0.15) is 0 Å². The number of nitrogens with zero attached hydrogens (tertiary/aromatic N) is 2. The first-order valence-electron chi connectivity index (χ1n) is 9.16. The minimum Gasteiger partial charge on any atom is -0.497 e. The zero-order valence-electron chi connectivity index (χ0n) is 15.1. The molecule has 1 atom stereocenters. The zero-order valence-corrected chi connectivity index (χ0v) is 15.9. The number of thioether (sulfide) groups is 1. The Morgan fingerprint density at radius 3 is 2.77 bits per heavy atom. The maximum absolute atomic E-state index is 13.0. The first kappa shape index (κ1) is 17.4. The topological polar surface area (TPSA) is 32.8 Å². The SMILES string of the molecule is COc1ccc(C2CCCN2CC(=O)N2CCSc3ccccc32)cc1. The number of methoxy groups -OCH3 is 1. The third kappa shape index (κ3) is 3.46. The highest BCUT2D eigenvalue weighted by Crippen LogP contribution is 2.36. The van der Waals surface area contributed by atoms with Crippen LogP contribution in [-0.2, 0) is 4.79 Å². The van der Waals surface area contributed by atoms with Crippen LogP contribution in [-0.4, -0.2) is 43.3 Å². The van der Waals surface area contributed by atoms with E-state index in [2.05, 4.69) is 29.2 Å². The molecule has 0 spiro atoms. The van der Waals surface area contributed by atoms with Crippen LogP contribution >= 0.6 is 11.8 Å². The lowest BCUT2D eigenvalue weighted by Crippen LogP contribution is -2.42. The Hall–Kier alpha value is -1.98. The van der Waals surface area contributed by atoms with E-state index in [4.69, 9.17) is 4.74 Å². The minimum atomic E-state index is 0.207. The Morgan fingerprint density at radius 2 is 1.96 bits per heavy atom. The predicted molar refractivity (Wildman–Crippen MR) is 106 cm³/mol. The van der Waals surface area contributed by atoms with Crippen molar-refractivity contribution in [2.75, 3.05) is 37.4 Å². The molecular formula is C21H24N2O2S. The molecule has 1 fully saturated rings. The fourth-order valence-electron chi connectivity index (χ4n) is 3.91. The van der Waals surface area contributed by atoms with Crippen LogP contribution in [0.4, 0.5) is 5.69 Å². The summed E-state index contributed by atoms with van der Waals surface area (Å²) in [6, 6.07) is 16.8. The number of hydrogen-bond donors (Lipinski definition) is 0. The van der Waals surface area contributed by atoms with Crippen molar-refractivity contribution in [3.8, 4) is 5.75 Å². The lowest BCUT2D eigenvalue weighted by atomic mass is 10.0. The molecule has 2 aromatic rings. The van der Waals surface area contributed by atoms with Crippen molar-refractivity contribution < 1.29 is 9.53 Å². The lowest BCUT2D eigenvalue weighted by Gasteiger charge is -2.32. The van der Waals surface area contributed by atoms with Gasteiger partial charge in [0.25, 0.3) is 0 Å². The number of amides is 1. The van der Waals surface area contributed by atoms with Gasteiger partial charge in [0, 0.05) is 23.2 Å². The Kier molecular flexibility index (Phi) is 5.18. The zero-order chi connectivity index (χ0) is 17.9. The van der Waals surface area contributed by atoms with Crippen molar-refractivity contribution in [3.05, 3.63) is 54.1 Å². The molecule has 0 bridgehead atoms. The maximum atomic E-state index is 13.0. The van der Waals surface area contributed by atoms with Gasteiger partial charge in [-0.25, -0.2) is 0 Å². The first-order valence-corrected chi connectivity index (χ1v) is 10.1. The van der Waals surface area contributed by atoms with Gasteiger partial charge in [0.1, 0.15) is 5.75 Å². The summed E-state index contributed by atoms with van der Waals surface area (Å²) in [6.45, 7) is 2.25. The lowest BCUT2D eigenvalue weighted by molar-refractivity contribution is -0.120. The van der Waals surface area contributed by atoms with E-state index in [1.807, 2.05) is 40.9 Å². The van der Waals surface area contributed by atoms with E-state index < -0.39 is 0 Å². The van der Waals surface area contributed by atoms with Crippen LogP contribution in [0.5, 0.6) is 5.75 Å². The van der Waals surface area contributed by atoms with E-state index in [0.717, 1.165) is 43.1 Å². The third-order valence-corrected chi connectivity index (χ3v) is 6.28. The first-order chi connectivity index (χ1) is 12.8. The standard InChI is InChI=1S/C21H24N2O2S/c1-25-17-10-8-16(9-11-17)18-6-4-12-22(18)15-21(24)23-13-14-26-20-7-3-2-5-19(20)23/h2-3,5,7-11,18H,4,6,12-15H2,1H3. The fraction of sp³-hybridized carbons (Fsp3) is 0.381. The maximum Gasteiger partial charge on any atom is 0.241 e. The van der Waals surface area contributed by atoms with Crippen LogP contribution in [0.2, 0.25) is 0 Å². The molecule has 4 rings (SSSR count). The van der Waals surface area contributed by atoms with Crippen molar-refractivity contribution in [2.24, 2.45) is 0 Å². The smallest absolute Gasteiger partial charge is 0.241 e. The molecule has 136 valence electrons.